The Hall–Kier alpha value is -1.05. The van der Waals surface area contributed by atoms with E-state index >= 15 is 0 Å². The fourth-order valence-electron chi connectivity index (χ4n) is 1.76. The third kappa shape index (κ3) is 3.53. The Morgan fingerprint density at radius 1 is 1.55 bits per heavy atom. The zero-order chi connectivity index (χ0) is 14.7. The Labute approximate surface area is 127 Å². The smallest absolute Gasteiger partial charge is 0.313 e. The van der Waals surface area contributed by atoms with Crippen LogP contribution in [0.5, 0.6) is 0 Å². The van der Waals surface area contributed by atoms with E-state index in [1.807, 2.05) is 16.7 Å². The van der Waals surface area contributed by atoms with Crippen LogP contribution in [-0.2, 0) is 22.1 Å². The van der Waals surface area contributed by atoms with Crippen molar-refractivity contribution < 1.29 is 14.1 Å². The molecule has 1 aromatic carbocycles. The highest BCUT2D eigenvalue weighted by Gasteiger charge is 2.14. The number of thioether (sulfide) groups is 1. The molecule has 0 saturated heterocycles. The van der Waals surface area contributed by atoms with Crippen LogP contribution in [0.1, 0.15) is 0 Å². The van der Waals surface area contributed by atoms with Crippen molar-refractivity contribution >= 4 is 51.2 Å². The molecule has 0 radical (unpaired) electrons. The number of aryl methyl sites for hydroxylation is 1. The molecule has 0 fully saturated rings. The van der Waals surface area contributed by atoms with E-state index in [0.717, 1.165) is 17.3 Å². The first-order valence-corrected chi connectivity index (χ1v) is 8.87. The Morgan fingerprint density at radius 2 is 2.30 bits per heavy atom. The monoisotopic (exact) mass is 332 g/mol. The lowest BCUT2D eigenvalue weighted by Crippen LogP contribution is -2.08. The highest BCUT2D eigenvalue weighted by molar-refractivity contribution is 7.99. The van der Waals surface area contributed by atoms with Gasteiger partial charge in [0.05, 0.1) is 16.3 Å². The molecular weight excluding hydrogens is 320 g/mol. The summed E-state index contributed by atoms with van der Waals surface area (Å²) in [5, 5.41) is 9.89. The second-order valence-electron chi connectivity index (χ2n) is 4.11. The summed E-state index contributed by atoms with van der Waals surface area (Å²) in [5.74, 6) is -0.492. The number of imidazole rings is 1. The molecule has 2 aromatic rings. The second-order valence-corrected chi connectivity index (χ2v) is 7.02. The van der Waals surface area contributed by atoms with Gasteiger partial charge < -0.3 is 9.67 Å². The predicted octanol–water partition coefficient (Wildman–Crippen LogP) is 2.24. The summed E-state index contributed by atoms with van der Waals surface area (Å²) in [4.78, 5) is 15.1. The summed E-state index contributed by atoms with van der Waals surface area (Å²) in [6, 6.07) is 5.43. The van der Waals surface area contributed by atoms with Gasteiger partial charge in [0.25, 0.3) is 0 Å². The van der Waals surface area contributed by atoms with Gasteiger partial charge in [0.2, 0.25) is 0 Å². The number of fused-ring (bicyclic) bond motifs is 1. The van der Waals surface area contributed by atoms with Crippen LogP contribution in [0.15, 0.2) is 23.4 Å². The molecule has 0 aliphatic carbocycles. The van der Waals surface area contributed by atoms with Crippen molar-refractivity contribution in [2.45, 2.75) is 11.7 Å². The van der Waals surface area contributed by atoms with Gasteiger partial charge in [-0.25, -0.2) is 4.98 Å². The molecule has 1 unspecified atom stereocenters. The van der Waals surface area contributed by atoms with Crippen molar-refractivity contribution in [1.29, 1.82) is 0 Å². The van der Waals surface area contributed by atoms with Crippen LogP contribution in [-0.4, -0.2) is 42.6 Å². The van der Waals surface area contributed by atoms with E-state index in [2.05, 4.69) is 4.98 Å². The number of rotatable bonds is 6. The van der Waals surface area contributed by atoms with E-state index in [0.29, 0.717) is 28.0 Å². The van der Waals surface area contributed by atoms with Crippen LogP contribution in [0.2, 0.25) is 5.02 Å². The van der Waals surface area contributed by atoms with Gasteiger partial charge in [-0.1, -0.05) is 29.4 Å². The van der Waals surface area contributed by atoms with E-state index in [4.69, 9.17) is 16.7 Å². The van der Waals surface area contributed by atoms with Crippen LogP contribution in [0.3, 0.4) is 0 Å². The van der Waals surface area contributed by atoms with Gasteiger partial charge in [0, 0.05) is 29.4 Å². The number of halogens is 1. The fourth-order valence-corrected chi connectivity index (χ4v) is 3.17. The van der Waals surface area contributed by atoms with E-state index in [-0.39, 0.29) is 5.75 Å². The number of hydrogen-bond donors (Lipinski definition) is 1. The van der Waals surface area contributed by atoms with Gasteiger partial charge >= 0.3 is 5.97 Å². The Balaban J connectivity index is 2.42. The highest BCUT2D eigenvalue weighted by Crippen LogP contribution is 2.28. The molecule has 8 heteroatoms. The van der Waals surface area contributed by atoms with Crippen molar-refractivity contribution in [2.24, 2.45) is 0 Å². The van der Waals surface area contributed by atoms with Crippen LogP contribution in [0.25, 0.3) is 11.0 Å². The number of carboxylic acids is 1. The van der Waals surface area contributed by atoms with Crippen molar-refractivity contribution in [2.75, 3.05) is 17.8 Å². The summed E-state index contributed by atoms with van der Waals surface area (Å²) < 4.78 is 13.1. The van der Waals surface area contributed by atoms with Gasteiger partial charge in [0.1, 0.15) is 5.52 Å². The average Bonchev–Trinajstić information content (AvgIpc) is 2.73. The SMILES string of the molecule is CS(=O)CCn1c(SCC(=O)O)nc2c(Cl)cccc21. The van der Waals surface area contributed by atoms with Gasteiger partial charge in [-0.3, -0.25) is 9.00 Å². The quantitative estimate of drug-likeness (QED) is 0.821. The molecule has 2 rings (SSSR count). The third-order valence-corrected chi connectivity index (χ3v) is 4.65. The molecule has 1 aromatic heterocycles. The maximum atomic E-state index is 11.3. The van der Waals surface area contributed by atoms with Crippen LogP contribution in [0.4, 0.5) is 0 Å². The number of para-hydroxylation sites is 1. The maximum Gasteiger partial charge on any atom is 0.313 e. The van der Waals surface area contributed by atoms with Gasteiger partial charge in [0.15, 0.2) is 5.16 Å². The van der Waals surface area contributed by atoms with Crippen LogP contribution >= 0.6 is 23.4 Å². The summed E-state index contributed by atoms with van der Waals surface area (Å²) >= 11 is 7.24. The minimum atomic E-state index is -0.927. The molecule has 0 aliphatic heterocycles. The van der Waals surface area contributed by atoms with E-state index in [9.17, 15) is 9.00 Å². The zero-order valence-corrected chi connectivity index (χ0v) is 13.1. The Kier molecular flexibility index (Phi) is 5.06. The fraction of sp³-hybridized carbons (Fsp3) is 0.333. The van der Waals surface area contributed by atoms with Gasteiger partial charge in [-0.15, -0.1) is 0 Å². The number of hydrogen-bond acceptors (Lipinski definition) is 4. The first-order chi connectivity index (χ1) is 9.49. The normalized spacial score (nSPS) is 12.7. The number of aromatic nitrogens is 2. The number of nitrogens with zero attached hydrogens (tertiary/aromatic N) is 2. The number of aliphatic carboxylic acids is 1. The average molecular weight is 333 g/mol. The van der Waals surface area contributed by atoms with Gasteiger partial charge in [-0.2, -0.15) is 0 Å². The number of benzene rings is 1. The molecule has 0 spiro atoms. The summed E-state index contributed by atoms with van der Waals surface area (Å²) in [5.41, 5.74) is 1.47. The molecule has 0 aliphatic rings. The lowest BCUT2D eigenvalue weighted by atomic mass is 10.3. The Morgan fingerprint density at radius 3 is 2.95 bits per heavy atom. The van der Waals surface area contributed by atoms with E-state index < -0.39 is 16.8 Å². The van der Waals surface area contributed by atoms with Crippen LogP contribution in [0, 0.1) is 0 Å². The van der Waals surface area contributed by atoms with E-state index in [1.165, 1.54) is 0 Å². The third-order valence-electron chi connectivity index (χ3n) is 2.62. The standard InChI is InChI=1S/C12H13ClN2O3S2/c1-20(18)6-5-15-9-4-2-3-8(13)11(9)14-12(15)19-7-10(16)17/h2-4H,5-7H2,1H3,(H,16,17). The maximum absolute atomic E-state index is 11.3. The predicted molar refractivity (Wildman–Crippen MR) is 82.0 cm³/mol. The number of carbonyl (C=O) groups is 1. The lowest BCUT2D eigenvalue weighted by molar-refractivity contribution is -0.133. The molecule has 0 saturated carbocycles. The van der Waals surface area contributed by atoms with Crippen molar-refractivity contribution in [3.8, 4) is 0 Å². The lowest BCUT2D eigenvalue weighted by Gasteiger charge is -2.07. The first-order valence-electron chi connectivity index (χ1n) is 5.78. The van der Waals surface area contributed by atoms with Crippen molar-refractivity contribution in [3.05, 3.63) is 23.2 Å². The van der Waals surface area contributed by atoms with E-state index in [1.54, 1.807) is 12.3 Å². The summed E-state index contributed by atoms with van der Waals surface area (Å²) in [6.07, 6.45) is 1.64. The van der Waals surface area contributed by atoms with Crippen molar-refractivity contribution in [1.82, 2.24) is 9.55 Å². The molecular formula is C12H13ClN2O3S2. The second kappa shape index (κ2) is 6.60. The molecule has 5 nitrogen and oxygen atoms in total. The topological polar surface area (TPSA) is 72.2 Å². The molecule has 1 heterocycles. The molecule has 1 atom stereocenters. The minimum Gasteiger partial charge on any atom is -0.481 e. The first kappa shape index (κ1) is 15.3. The van der Waals surface area contributed by atoms with Crippen molar-refractivity contribution in [3.63, 3.8) is 0 Å². The van der Waals surface area contributed by atoms with Gasteiger partial charge in [-0.05, 0) is 12.1 Å². The molecule has 0 amide bonds. The summed E-state index contributed by atoms with van der Waals surface area (Å²) in [7, 11) is -0.927. The molecule has 0 bridgehead atoms. The molecule has 1 N–H and O–H groups in total. The number of carboxylic acid groups (broad SMARTS) is 1. The highest BCUT2D eigenvalue weighted by atomic mass is 35.5. The Bertz CT molecular complexity index is 672. The minimum absolute atomic E-state index is 0.0733. The molecule has 108 valence electrons. The molecule has 20 heavy (non-hydrogen) atoms. The van der Waals surface area contributed by atoms with Crippen LogP contribution < -0.4 is 0 Å². The largest absolute Gasteiger partial charge is 0.481 e. The zero-order valence-electron chi connectivity index (χ0n) is 10.7. The summed E-state index contributed by atoms with van der Waals surface area (Å²) in [6.45, 7) is 0.516.